The van der Waals surface area contributed by atoms with Crippen molar-refractivity contribution in [1.29, 1.82) is 0 Å². The summed E-state index contributed by atoms with van der Waals surface area (Å²) in [6.45, 7) is 2.43. The van der Waals surface area contributed by atoms with Gasteiger partial charge in [-0.3, -0.25) is 9.59 Å². The molecule has 1 saturated heterocycles. The summed E-state index contributed by atoms with van der Waals surface area (Å²) in [5, 5.41) is 0. The Bertz CT molecular complexity index is 811. The second kappa shape index (κ2) is 5.70. The number of aromatic amines is 1. The van der Waals surface area contributed by atoms with Gasteiger partial charge in [0.05, 0.1) is 6.04 Å². The standard InChI is InChI=1S/C18H18N2O4/c1-11(21)13-7-14(19-9-13)18(22)20-6-2-3-15(20)12-4-5-16-17(8-12)24-10-23-16/h4-5,7-9,15,19H,2-3,6,10H2,1H3. The van der Waals surface area contributed by atoms with E-state index < -0.39 is 0 Å². The second-order valence-corrected chi connectivity index (χ2v) is 6.13. The summed E-state index contributed by atoms with van der Waals surface area (Å²) < 4.78 is 10.8. The third-order valence-corrected chi connectivity index (χ3v) is 4.62. The van der Waals surface area contributed by atoms with Gasteiger partial charge in [0.25, 0.3) is 5.91 Å². The van der Waals surface area contributed by atoms with Crippen LogP contribution in [0.1, 0.15) is 52.2 Å². The highest BCUT2D eigenvalue weighted by atomic mass is 16.7. The SMILES string of the molecule is CC(=O)c1c[nH]c(C(=O)N2CCCC2c2ccc3c(c2)OCO3)c1. The van der Waals surface area contributed by atoms with Crippen LogP contribution >= 0.6 is 0 Å². The van der Waals surface area contributed by atoms with Crippen LogP contribution in [0.15, 0.2) is 30.5 Å². The number of carbonyl (C=O) groups is 2. The highest BCUT2D eigenvalue weighted by molar-refractivity contribution is 5.99. The highest BCUT2D eigenvalue weighted by Gasteiger charge is 2.32. The number of carbonyl (C=O) groups excluding carboxylic acids is 2. The molecule has 124 valence electrons. The van der Waals surface area contributed by atoms with Crippen molar-refractivity contribution in [2.24, 2.45) is 0 Å². The maximum Gasteiger partial charge on any atom is 0.270 e. The number of aromatic nitrogens is 1. The molecule has 3 heterocycles. The maximum absolute atomic E-state index is 12.8. The van der Waals surface area contributed by atoms with E-state index in [4.69, 9.17) is 9.47 Å². The number of ketones is 1. The highest BCUT2D eigenvalue weighted by Crippen LogP contribution is 2.39. The van der Waals surface area contributed by atoms with Crippen molar-refractivity contribution in [3.63, 3.8) is 0 Å². The number of ether oxygens (including phenoxy) is 2. The van der Waals surface area contributed by atoms with Crippen molar-refractivity contribution in [3.8, 4) is 11.5 Å². The second-order valence-electron chi connectivity index (χ2n) is 6.13. The molecular formula is C18H18N2O4. The van der Waals surface area contributed by atoms with E-state index in [9.17, 15) is 9.59 Å². The minimum Gasteiger partial charge on any atom is -0.454 e. The number of likely N-dealkylation sites (tertiary alicyclic amines) is 1. The fraction of sp³-hybridized carbons (Fsp3) is 0.333. The molecule has 1 fully saturated rings. The quantitative estimate of drug-likeness (QED) is 0.880. The topological polar surface area (TPSA) is 71.6 Å². The molecule has 6 heteroatoms. The molecule has 0 bridgehead atoms. The van der Waals surface area contributed by atoms with Gasteiger partial charge < -0.3 is 19.4 Å². The van der Waals surface area contributed by atoms with Gasteiger partial charge >= 0.3 is 0 Å². The van der Waals surface area contributed by atoms with E-state index >= 15 is 0 Å². The lowest BCUT2D eigenvalue weighted by Crippen LogP contribution is -2.30. The maximum atomic E-state index is 12.8. The first-order chi connectivity index (χ1) is 11.6. The third-order valence-electron chi connectivity index (χ3n) is 4.62. The van der Waals surface area contributed by atoms with E-state index in [1.807, 2.05) is 23.1 Å². The number of Topliss-reactive ketones (excluding diaryl/α,β-unsaturated/α-hetero) is 1. The lowest BCUT2D eigenvalue weighted by atomic mass is 10.0. The van der Waals surface area contributed by atoms with Crippen molar-refractivity contribution in [2.75, 3.05) is 13.3 Å². The predicted molar refractivity (Wildman–Crippen MR) is 86.4 cm³/mol. The van der Waals surface area contributed by atoms with Crippen molar-refractivity contribution in [1.82, 2.24) is 9.88 Å². The number of nitrogens with one attached hydrogen (secondary N) is 1. The molecule has 24 heavy (non-hydrogen) atoms. The summed E-state index contributed by atoms with van der Waals surface area (Å²) in [6.07, 6.45) is 3.44. The first-order valence-corrected chi connectivity index (χ1v) is 8.03. The van der Waals surface area contributed by atoms with E-state index in [0.29, 0.717) is 17.8 Å². The van der Waals surface area contributed by atoms with Gasteiger partial charge in [0.15, 0.2) is 17.3 Å². The number of amides is 1. The van der Waals surface area contributed by atoms with Crippen molar-refractivity contribution < 1.29 is 19.1 Å². The Kier molecular flexibility index (Phi) is 3.52. The van der Waals surface area contributed by atoms with E-state index in [1.165, 1.54) is 6.92 Å². The molecule has 1 aromatic heterocycles. The number of hydrogen-bond acceptors (Lipinski definition) is 4. The molecule has 1 N–H and O–H groups in total. The number of benzene rings is 1. The van der Waals surface area contributed by atoms with Crippen LogP contribution in [0.3, 0.4) is 0 Å². The van der Waals surface area contributed by atoms with E-state index in [1.54, 1.807) is 12.3 Å². The van der Waals surface area contributed by atoms with Crippen LogP contribution in [-0.2, 0) is 0 Å². The number of nitrogens with zero attached hydrogens (tertiary/aromatic N) is 1. The van der Waals surface area contributed by atoms with E-state index in [2.05, 4.69) is 4.98 Å². The fourth-order valence-electron chi connectivity index (χ4n) is 3.35. The molecule has 2 aromatic rings. The van der Waals surface area contributed by atoms with Gasteiger partial charge in [-0.25, -0.2) is 0 Å². The molecule has 0 radical (unpaired) electrons. The Morgan fingerprint density at radius 3 is 2.83 bits per heavy atom. The normalized spacial score (nSPS) is 18.9. The van der Waals surface area contributed by atoms with Crippen molar-refractivity contribution >= 4 is 11.7 Å². The largest absolute Gasteiger partial charge is 0.454 e. The molecule has 2 aliphatic heterocycles. The summed E-state index contributed by atoms with van der Waals surface area (Å²) in [4.78, 5) is 29.0. The molecule has 1 atom stereocenters. The molecule has 0 spiro atoms. The summed E-state index contributed by atoms with van der Waals surface area (Å²) >= 11 is 0. The molecule has 0 aliphatic carbocycles. The van der Waals surface area contributed by atoms with Crippen LogP contribution in [0.5, 0.6) is 11.5 Å². The van der Waals surface area contributed by atoms with Crippen LogP contribution in [0.25, 0.3) is 0 Å². The molecule has 2 aliphatic rings. The number of fused-ring (bicyclic) bond motifs is 1. The lowest BCUT2D eigenvalue weighted by Gasteiger charge is -2.24. The van der Waals surface area contributed by atoms with Gasteiger partial charge in [0, 0.05) is 18.3 Å². The Labute approximate surface area is 139 Å². The molecule has 1 unspecified atom stereocenters. The number of hydrogen-bond donors (Lipinski definition) is 1. The Morgan fingerprint density at radius 2 is 2.04 bits per heavy atom. The van der Waals surface area contributed by atoms with Crippen LogP contribution < -0.4 is 9.47 Å². The summed E-state index contributed by atoms with van der Waals surface area (Å²) in [5.74, 6) is 1.33. The fourth-order valence-corrected chi connectivity index (χ4v) is 3.35. The summed E-state index contributed by atoms with van der Waals surface area (Å²) in [7, 11) is 0. The zero-order valence-electron chi connectivity index (χ0n) is 13.4. The van der Waals surface area contributed by atoms with Gasteiger partial charge in [0.2, 0.25) is 6.79 Å². The first-order valence-electron chi connectivity index (χ1n) is 8.03. The average Bonchev–Trinajstić information content (AvgIpc) is 3.31. The lowest BCUT2D eigenvalue weighted by molar-refractivity contribution is 0.0730. The Balaban J connectivity index is 1.60. The monoisotopic (exact) mass is 326 g/mol. The van der Waals surface area contributed by atoms with Crippen molar-refractivity contribution in [3.05, 3.63) is 47.3 Å². The number of rotatable bonds is 3. The number of H-pyrrole nitrogens is 1. The van der Waals surface area contributed by atoms with Gasteiger partial charge in [-0.05, 0) is 43.5 Å². The smallest absolute Gasteiger partial charge is 0.270 e. The van der Waals surface area contributed by atoms with Crippen molar-refractivity contribution in [2.45, 2.75) is 25.8 Å². The predicted octanol–water partition coefficient (Wildman–Crippen LogP) is 2.92. The molecular weight excluding hydrogens is 308 g/mol. The van der Waals surface area contributed by atoms with Gasteiger partial charge in [-0.2, -0.15) is 0 Å². The van der Waals surface area contributed by atoms with E-state index in [-0.39, 0.29) is 24.5 Å². The molecule has 6 nitrogen and oxygen atoms in total. The zero-order chi connectivity index (χ0) is 16.7. The summed E-state index contributed by atoms with van der Waals surface area (Å²) in [5.41, 5.74) is 2.02. The van der Waals surface area contributed by atoms with Crippen LogP contribution in [0.4, 0.5) is 0 Å². The molecule has 1 aromatic carbocycles. The zero-order valence-corrected chi connectivity index (χ0v) is 13.4. The van der Waals surface area contributed by atoms with Gasteiger partial charge in [-0.1, -0.05) is 6.07 Å². The third kappa shape index (κ3) is 2.44. The minimum atomic E-state index is -0.0809. The first kappa shape index (κ1) is 14.8. The van der Waals surface area contributed by atoms with E-state index in [0.717, 1.165) is 29.9 Å². The molecule has 1 amide bonds. The van der Waals surface area contributed by atoms with Gasteiger partial charge in [-0.15, -0.1) is 0 Å². The van der Waals surface area contributed by atoms with Crippen LogP contribution in [0, 0.1) is 0 Å². The summed E-state index contributed by atoms with van der Waals surface area (Å²) in [6, 6.07) is 7.46. The molecule has 0 saturated carbocycles. The van der Waals surface area contributed by atoms with Crippen LogP contribution in [0.2, 0.25) is 0 Å². The van der Waals surface area contributed by atoms with Gasteiger partial charge in [0.1, 0.15) is 5.69 Å². The minimum absolute atomic E-state index is 0.0103. The molecule has 4 rings (SSSR count). The Hall–Kier alpha value is -2.76. The average molecular weight is 326 g/mol. The van der Waals surface area contributed by atoms with Crippen LogP contribution in [-0.4, -0.2) is 34.9 Å². The Morgan fingerprint density at radius 1 is 1.21 bits per heavy atom.